The highest BCUT2D eigenvalue weighted by Gasteiger charge is 2.13. The molecule has 0 radical (unpaired) electrons. The Morgan fingerprint density at radius 1 is 1.26 bits per heavy atom. The summed E-state index contributed by atoms with van der Waals surface area (Å²) in [6, 6.07) is 12.9. The van der Waals surface area contributed by atoms with Crippen LogP contribution < -0.4 is 11.1 Å². The van der Waals surface area contributed by atoms with Gasteiger partial charge in [0.05, 0.1) is 16.9 Å². The first-order valence-electron chi connectivity index (χ1n) is 5.96. The summed E-state index contributed by atoms with van der Waals surface area (Å²) in [5.41, 5.74) is 6.94. The van der Waals surface area contributed by atoms with Gasteiger partial charge in [-0.25, -0.2) is 0 Å². The van der Waals surface area contributed by atoms with E-state index in [0.717, 1.165) is 14.8 Å². The number of benzene rings is 1. The zero-order chi connectivity index (χ0) is 13.7. The molecule has 1 aromatic heterocycles. The van der Waals surface area contributed by atoms with Crippen LogP contribution in [0.25, 0.3) is 0 Å². The molecule has 0 saturated carbocycles. The van der Waals surface area contributed by atoms with E-state index in [-0.39, 0.29) is 5.91 Å². The van der Waals surface area contributed by atoms with Crippen molar-refractivity contribution in [2.24, 2.45) is 5.73 Å². The Kier molecular flexibility index (Phi) is 4.96. The van der Waals surface area contributed by atoms with Gasteiger partial charge in [-0.3, -0.25) is 4.79 Å². The summed E-state index contributed by atoms with van der Waals surface area (Å²) in [5.74, 6) is -0.145. The van der Waals surface area contributed by atoms with Gasteiger partial charge >= 0.3 is 0 Å². The predicted octanol–water partition coefficient (Wildman–Crippen LogP) is 2.59. The summed E-state index contributed by atoms with van der Waals surface area (Å²) in [7, 11) is 0. The molecule has 1 aromatic carbocycles. The Morgan fingerprint density at radius 3 is 2.63 bits per heavy atom. The van der Waals surface area contributed by atoms with Crippen LogP contribution in [0.1, 0.15) is 10.4 Å². The van der Waals surface area contributed by atoms with Crippen LogP contribution in [0, 0.1) is 0 Å². The monoisotopic (exact) mass is 294 g/mol. The molecule has 0 bridgehead atoms. The molecule has 100 valence electrons. The molecule has 0 spiro atoms. The maximum Gasteiger partial charge on any atom is 0.237 e. The van der Waals surface area contributed by atoms with Crippen molar-refractivity contribution < 1.29 is 4.79 Å². The van der Waals surface area contributed by atoms with Crippen molar-refractivity contribution in [1.29, 1.82) is 0 Å². The summed E-state index contributed by atoms with van der Waals surface area (Å²) < 4.78 is 0.720. The summed E-state index contributed by atoms with van der Waals surface area (Å²) >= 11 is 7.28. The minimum absolute atomic E-state index is 0.145. The normalized spacial score (nSPS) is 12.1. The Hall–Kier alpha value is -1.36. The van der Waals surface area contributed by atoms with Gasteiger partial charge in [0.2, 0.25) is 5.91 Å². The zero-order valence-corrected chi connectivity index (χ0v) is 11.9. The molecule has 0 aliphatic heterocycles. The zero-order valence-electron chi connectivity index (χ0n) is 10.3. The fourth-order valence-corrected chi connectivity index (χ4v) is 2.74. The molecule has 2 aromatic rings. The van der Waals surface area contributed by atoms with Gasteiger partial charge in [0, 0.05) is 4.88 Å². The van der Waals surface area contributed by atoms with Crippen molar-refractivity contribution in [1.82, 2.24) is 5.32 Å². The lowest BCUT2D eigenvalue weighted by atomic mass is 10.1. The second kappa shape index (κ2) is 6.70. The van der Waals surface area contributed by atoms with Gasteiger partial charge < -0.3 is 11.1 Å². The van der Waals surface area contributed by atoms with Crippen LogP contribution in [0.15, 0.2) is 42.5 Å². The third-order valence-corrected chi connectivity index (χ3v) is 3.93. The number of hydrogen-bond donors (Lipinski definition) is 2. The average Bonchev–Trinajstić information content (AvgIpc) is 2.83. The van der Waals surface area contributed by atoms with E-state index in [1.165, 1.54) is 11.3 Å². The van der Waals surface area contributed by atoms with Gasteiger partial charge in [-0.1, -0.05) is 41.9 Å². The van der Waals surface area contributed by atoms with Crippen LogP contribution in [0.4, 0.5) is 0 Å². The van der Waals surface area contributed by atoms with Gasteiger partial charge in [0.15, 0.2) is 0 Å². The number of rotatable bonds is 5. The first-order chi connectivity index (χ1) is 9.15. The van der Waals surface area contributed by atoms with Crippen LogP contribution in [-0.4, -0.2) is 11.9 Å². The summed E-state index contributed by atoms with van der Waals surface area (Å²) in [6.07, 6.45) is 0.540. The lowest BCUT2D eigenvalue weighted by Gasteiger charge is -2.11. The maximum atomic E-state index is 11.9. The van der Waals surface area contributed by atoms with E-state index in [2.05, 4.69) is 5.32 Å². The lowest BCUT2D eigenvalue weighted by molar-refractivity contribution is -0.122. The molecular formula is C14H15ClN2OS. The minimum Gasteiger partial charge on any atom is -0.350 e. The van der Waals surface area contributed by atoms with Gasteiger partial charge in [0.1, 0.15) is 0 Å². The Balaban J connectivity index is 1.82. The smallest absolute Gasteiger partial charge is 0.237 e. The van der Waals surface area contributed by atoms with Crippen molar-refractivity contribution >= 4 is 28.8 Å². The summed E-state index contributed by atoms with van der Waals surface area (Å²) in [5, 5.41) is 2.82. The van der Waals surface area contributed by atoms with Gasteiger partial charge in [-0.15, -0.1) is 11.3 Å². The highest BCUT2D eigenvalue weighted by atomic mass is 35.5. The van der Waals surface area contributed by atoms with E-state index in [9.17, 15) is 4.79 Å². The molecule has 19 heavy (non-hydrogen) atoms. The first-order valence-corrected chi connectivity index (χ1v) is 7.16. The molecule has 0 saturated heterocycles. The molecule has 0 fully saturated rings. The van der Waals surface area contributed by atoms with Crippen molar-refractivity contribution in [3.8, 4) is 0 Å². The van der Waals surface area contributed by atoms with Gasteiger partial charge in [-0.2, -0.15) is 0 Å². The Labute approximate surface area is 121 Å². The van der Waals surface area contributed by atoms with Gasteiger partial charge in [0.25, 0.3) is 0 Å². The number of halogens is 1. The molecule has 5 heteroatoms. The third-order valence-electron chi connectivity index (χ3n) is 2.70. The quantitative estimate of drug-likeness (QED) is 0.890. The van der Waals surface area contributed by atoms with Gasteiger partial charge in [-0.05, 0) is 24.1 Å². The number of nitrogens with two attached hydrogens (primary N) is 1. The van der Waals surface area contributed by atoms with E-state index in [4.69, 9.17) is 17.3 Å². The molecule has 0 unspecified atom stereocenters. The highest BCUT2D eigenvalue weighted by molar-refractivity contribution is 7.16. The van der Waals surface area contributed by atoms with Crippen LogP contribution in [-0.2, 0) is 17.8 Å². The molecule has 1 amide bonds. The SMILES string of the molecule is N[C@@H](Cc1ccccc1)C(=O)NCc1ccc(Cl)s1. The lowest BCUT2D eigenvalue weighted by Crippen LogP contribution is -2.41. The minimum atomic E-state index is -0.530. The number of nitrogens with one attached hydrogen (secondary N) is 1. The van der Waals surface area contributed by atoms with Crippen molar-refractivity contribution in [3.05, 3.63) is 57.2 Å². The number of carbonyl (C=O) groups is 1. The largest absolute Gasteiger partial charge is 0.350 e. The molecule has 3 nitrogen and oxygen atoms in total. The van der Waals surface area contributed by atoms with Crippen molar-refractivity contribution in [2.75, 3.05) is 0 Å². The average molecular weight is 295 g/mol. The Bertz CT molecular complexity index is 541. The fourth-order valence-electron chi connectivity index (χ4n) is 1.71. The molecule has 0 aliphatic carbocycles. The molecule has 1 heterocycles. The molecule has 2 rings (SSSR count). The number of hydrogen-bond acceptors (Lipinski definition) is 3. The van der Waals surface area contributed by atoms with Crippen LogP contribution in [0.3, 0.4) is 0 Å². The fraction of sp³-hybridized carbons (Fsp3) is 0.214. The standard InChI is InChI=1S/C14H15ClN2OS/c15-13-7-6-11(19-13)9-17-14(18)12(16)8-10-4-2-1-3-5-10/h1-7,12H,8-9,16H2,(H,17,18)/t12-/m0/s1. The highest BCUT2D eigenvalue weighted by Crippen LogP contribution is 2.20. The predicted molar refractivity (Wildman–Crippen MR) is 79.3 cm³/mol. The van der Waals surface area contributed by atoms with Crippen molar-refractivity contribution in [2.45, 2.75) is 19.0 Å². The second-order valence-corrected chi connectivity index (χ2v) is 6.02. The topological polar surface area (TPSA) is 55.1 Å². The number of carbonyl (C=O) groups excluding carboxylic acids is 1. The van der Waals surface area contributed by atoms with E-state index < -0.39 is 6.04 Å². The van der Waals surface area contributed by atoms with E-state index >= 15 is 0 Å². The maximum absolute atomic E-state index is 11.9. The van der Waals surface area contributed by atoms with E-state index in [1.807, 2.05) is 42.5 Å². The van der Waals surface area contributed by atoms with Crippen molar-refractivity contribution in [3.63, 3.8) is 0 Å². The van der Waals surface area contributed by atoms with E-state index in [1.54, 1.807) is 0 Å². The first kappa shape index (κ1) is 14.1. The molecule has 0 aliphatic rings. The molecule has 3 N–H and O–H groups in total. The van der Waals surface area contributed by atoms with E-state index in [0.29, 0.717) is 13.0 Å². The van der Waals surface area contributed by atoms with Crippen LogP contribution in [0.2, 0.25) is 4.34 Å². The summed E-state index contributed by atoms with van der Waals surface area (Å²) in [4.78, 5) is 12.9. The molecule has 1 atom stereocenters. The van der Waals surface area contributed by atoms with Crippen LogP contribution >= 0.6 is 22.9 Å². The second-order valence-electron chi connectivity index (χ2n) is 4.22. The number of amides is 1. The Morgan fingerprint density at radius 2 is 2.00 bits per heavy atom. The number of thiophene rings is 1. The third kappa shape index (κ3) is 4.35. The summed E-state index contributed by atoms with van der Waals surface area (Å²) in [6.45, 7) is 0.471. The van der Waals surface area contributed by atoms with Crippen LogP contribution in [0.5, 0.6) is 0 Å². The molecular weight excluding hydrogens is 280 g/mol.